The van der Waals surface area contributed by atoms with E-state index in [1.807, 2.05) is 0 Å². The lowest BCUT2D eigenvalue weighted by molar-refractivity contribution is 0.0691. The molecule has 1 aliphatic heterocycles. The van der Waals surface area contributed by atoms with Crippen molar-refractivity contribution in [2.45, 2.75) is 38.1 Å². The average molecular weight is 477 g/mol. The van der Waals surface area contributed by atoms with Gasteiger partial charge >= 0.3 is 5.97 Å². The fourth-order valence-electron chi connectivity index (χ4n) is 4.21. The third-order valence-corrected chi connectivity index (χ3v) is 6.69. The molecule has 2 aromatic carbocycles. The fraction of sp³-hybridized carbons (Fsp3) is 0.417. The summed E-state index contributed by atoms with van der Waals surface area (Å²) in [6.45, 7) is 2.74. The molecule has 2 aliphatic rings. The molecule has 1 saturated heterocycles. The van der Waals surface area contributed by atoms with Crippen molar-refractivity contribution in [3.8, 4) is 11.8 Å². The minimum absolute atomic E-state index is 0.254. The number of carboxylic acid groups (broad SMARTS) is 1. The molecule has 32 heavy (non-hydrogen) atoms. The highest BCUT2D eigenvalue weighted by Crippen LogP contribution is 2.45. The summed E-state index contributed by atoms with van der Waals surface area (Å²) in [5.74, 6) is -0.989. The van der Waals surface area contributed by atoms with Crippen LogP contribution >= 0.6 is 23.2 Å². The Labute approximate surface area is 196 Å². The van der Waals surface area contributed by atoms with Crippen molar-refractivity contribution in [2.75, 3.05) is 19.7 Å². The highest BCUT2D eigenvalue weighted by Gasteiger charge is 2.30. The highest BCUT2D eigenvalue weighted by molar-refractivity contribution is 6.35. The standard InChI is InChI=1S/C24H23Cl2FN2O3/c25-17-7-16(20(11-28)21(26)8-17)12-29-5-3-14(4-6-29)13-32-23-10-22(27)19(24(30)31)9-18(23)15-1-2-15/h7-10,14-15H,1-6,12-13H2,(H,30,31). The van der Waals surface area contributed by atoms with Gasteiger partial charge in [-0.05, 0) is 79.9 Å². The van der Waals surface area contributed by atoms with E-state index in [9.17, 15) is 19.6 Å². The summed E-state index contributed by atoms with van der Waals surface area (Å²) in [5, 5.41) is 19.5. The predicted molar refractivity (Wildman–Crippen MR) is 120 cm³/mol. The van der Waals surface area contributed by atoms with Crippen LogP contribution in [-0.4, -0.2) is 35.7 Å². The van der Waals surface area contributed by atoms with Gasteiger partial charge in [-0.15, -0.1) is 0 Å². The Balaban J connectivity index is 1.35. The second-order valence-corrected chi connectivity index (χ2v) is 9.36. The quantitative estimate of drug-likeness (QED) is 0.540. The summed E-state index contributed by atoms with van der Waals surface area (Å²) in [7, 11) is 0. The number of benzene rings is 2. The zero-order valence-electron chi connectivity index (χ0n) is 17.4. The second kappa shape index (κ2) is 9.66. The van der Waals surface area contributed by atoms with Crippen LogP contribution in [0.1, 0.15) is 58.6 Å². The number of nitriles is 1. The van der Waals surface area contributed by atoms with Crippen LogP contribution in [0.4, 0.5) is 4.39 Å². The van der Waals surface area contributed by atoms with Crippen molar-refractivity contribution in [2.24, 2.45) is 5.92 Å². The van der Waals surface area contributed by atoms with Crippen molar-refractivity contribution >= 4 is 29.2 Å². The van der Waals surface area contributed by atoms with Gasteiger partial charge in [0.25, 0.3) is 0 Å². The Bertz CT molecular complexity index is 1070. The number of carboxylic acids is 1. The minimum Gasteiger partial charge on any atom is -0.493 e. The number of aromatic carboxylic acids is 1. The van der Waals surface area contributed by atoms with E-state index in [2.05, 4.69) is 11.0 Å². The number of hydrogen-bond acceptors (Lipinski definition) is 4. The number of piperidine rings is 1. The number of rotatable bonds is 7. The number of halogens is 3. The molecule has 0 aromatic heterocycles. The molecule has 8 heteroatoms. The highest BCUT2D eigenvalue weighted by atomic mass is 35.5. The van der Waals surface area contributed by atoms with E-state index in [1.165, 1.54) is 12.1 Å². The SMILES string of the molecule is N#Cc1c(Cl)cc(Cl)cc1CN1CCC(COc2cc(F)c(C(=O)O)cc2C2CC2)CC1. The molecular weight excluding hydrogens is 454 g/mol. The van der Waals surface area contributed by atoms with Crippen LogP contribution in [0.3, 0.4) is 0 Å². The number of likely N-dealkylation sites (tertiary alicyclic amines) is 1. The molecule has 168 valence electrons. The maximum absolute atomic E-state index is 14.2. The number of carbonyl (C=O) groups is 1. The van der Waals surface area contributed by atoms with Gasteiger partial charge in [0.1, 0.15) is 17.6 Å². The summed E-state index contributed by atoms with van der Waals surface area (Å²) in [4.78, 5) is 13.5. The van der Waals surface area contributed by atoms with E-state index >= 15 is 0 Å². The smallest absolute Gasteiger partial charge is 0.338 e. The molecule has 2 aromatic rings. The van der Waals surface area contributed by atoms with E-state index in [-0.39, 0.29) is 11.5 Å². The monoisotopic (exact) mass is 476 g/mol. The maximum atomic E-state index is 14.2. The Hall–Kier alpha value is -2.33. The van der Waals surface area contributed by atoms with Crippen LogP contribution in [0.5, 0.6) is 5.75 Å². The Morgan fingerprint density at radius 3 is 2.53 bits per heavy atom. The third kappa shape index (κ3) is 5.17. The Morgan fingerprint density at radius 1 is 1.19 bits per heavy atom. The minimum atomic E-state index is -1.26. The van der Waals surface area contributed by atoms with Crippen molar-refractivity contribution in [1.82, 2.24) is 4.90 Å². The molecule has 0 spiro atoms. The van der Waals surface area contributed by atoms with Crippen LogP contribution < -0.4 is 4.74 Å². The average Bonchev–Trinajstić information content (AvgIpc) is 3.58. The molecule has 4 rings (SSSR count). The molecule has 1 heterocycles. The number of hydrogen-bond donors (Lipinski definition) is 1. The fourth-order valence-corrected chi connectivity index (χ4v) is 4.79. The van der Waals surface area contributed by atoms with Gasteiger partial charge in [0.05, 0.1) is 22.8 Å². The van der Waals surface area contributed by atoms with Gasteiger partial charge in [0.2, 0.25) is 0 Å². The lowest BCUT2D eigenvalue weighted by Crippen LogP contribution is -2.35. The lowest BCUT2D eigenvalue weighted by Gasteiger charge is -2.32. The van der Waals surface area contributed by atoms with E-state index in [4.69, 9.17) is 27.9 Å². The van der Waals surface area contributed by atoms with Crippen molar-refractivity contribution < 1.29 is 19.0 Å². The van der Waals surface area contributed by atoms with Gasteiger partial charge in [-0.25, -0.2) is 9.18 Å². The molecule has 0 radical (unpaired) electrons. The van der Waals surface area contributed by atoms with Crippen molar-refractivity contribution in [3.63, 3.8) is 0 Å². The first kappa shape index (κ1) is 22.8. The predicted octanol–water partition coefficient (Wildman–Crippen LogP) is 5.87. The molecular formula is C24H23Cl2FN2O3. The summed E-state index contributed by atoms with van der Waals surface area (Å²) in [6.07, 6.45) is 3.75. The normalized spacial score (nSPS) is 17.2. The van der Waals surface area contributed by atoms with Gasteiger partial charge in [-0.1, -0.05) is 23.2 Å². The molecule has 0 unspecified atom stereocenters. The zero-order chi connectivity index (χ0) is 22.8. The van der Waals surface area contributed by atoms with Crippen LogP contribution in [0, 0.1) is 23.1 Å². The Morgan fingerprint density at radius 2 is 1.91 bits per heavy atom. The van der Waals surface area contributed by atoms with Crippen molar-refractivity contribution in [3.05, 3.63) is 62.4 Å². The van der Waals surface area contributed by atoms with Crippen molar-refractivity contribution in [1.29, 1.82) is 5.26 Å². The van der Waals surface area contributed by atoms with Gasteiger partial charge in [-0.3, -0.25) is 4.90 Å². The maximum Gasteiger partial charge on any atom is 0.338 e. The van der Waals surface area contributed by atoms with Gasteiger partial charge in [0.15, 0.2) is 0 Å². The van der Waals surface area contributed by atoms with E-state index in [0.29, 0.717) is 40.4 Å². The summed E-state index contributed by atoms with van der Waals surface area (Å²) in [6, 6.07) is 8.17. The van der Waals surface area contributed by atoms with Gasteiger partial charge < -0.3 is 9.84 Å². The number of ether oxygens (including phenoxy) is 1. The van der Waals surface area contributed by atoms with Gasteiger partial charge in [0, 0.05) is 17.6 Å². The Kier molecular flexibility index (Phi) is 6.90. The molecule has 1 N–H and O–H groups in total. The topological polar surface area (TPSA) is 73.6 Å². The third-order valence-electron chi connectivity index (χ3n) is 6.17. The van der Waals surface area contributed by atoms with Crippen LogP contribution in [0.15, 0.2) is 24.3 Å². The second-order valence-electron chi connectivity index (χ2n) is 8.51. The largest absolute Gasteiger partial charge is 0.493 e. The molecule has 2 fully saturated rings. The summed E-state index contributed by atoms with van der Waals surface area (Å²) >= 11 is 12.3. The molecule has 1 aliphatic carbocycles. The summed E-state index contributed by atoms with van der Waals surface area (Å²) < 4.78 is 20.2. The van der Waals surface area contributed by atoms with Gasteiger partial charge in [-0.2, -0.15) is 5.26 Å². The first-order valence-electron chi connectivity index (χ1n) is 10.7. The molecule has 5 nitrogen and oxygen atoms in total. The number of nitrogens with zero attached hydrogens (tertiary/aromatic N) is 2. The molecule has 0 atom stereocenters. The van der Waals surface area contributed by atoms with Crippen LogP contribution in [0.25, 0.3) is 0 Å². The first-order valence-corrected chi connectivity index (χ1v) is 11.4. The van der Waals surface area contributed by atoms with E-state index in [0.717, 1.165) is 49.9 Å². The molecule has 0 bridgehead atoms. The lowest BCUT2D eigenvalue weighted by atomic mass is 9.96. The zero-order valence-corrected chi connectivity index (χ0v) is 18.9. The van der Waals surface area contributed by atoms with Crippen LogP contribution in [0.2, 0.25) is 10.0 Å². The first-order chi connectivity index (χ1) is 15.4. The summed E-state index contributed by atoms with van der Waals surface area (Å²) in [5.41, 5.74) is 1.78. The van der Waals surface area contributed by atoms with E-state index in [1.54, 1.807) is 12.1 Å². The molecule has 1 saturated carbocycles. The van der Waals surface area contributed by atoms with Crippen LogP contribution in [-0.2, 0) is 6.54 Å². The van der Waals surface area contributed by atoms with E-state index < -0.39 is 11.8 Å². The molecule has 0 amide bonds.